The second kappa shape index (κ2) is 3.79. The summed E-state index contributed by atoms with van der Waals surface area (Å²) in [5.41, 5.74) is 7.95. The van der Waals surface area contributed by atoms with Crippen molar-refractivity contribution in [3.63, 3.8) is 0 Å². The Hall–Kier alpha value is -1.36. The fourth-order valence-electron chi connectivity index (χ4n) is 1.27. The number of ether oxygens (including phenoxy) is 1. The third kappa shape index (κ3) is 2.11. The van der Waals surface area contributed by atoms with Crippen LogP contribution in [0.15, 0.2) is 5.11 Å². The Kier molecular flexibility index (Phi) is 2.90. The van der Waals surface area contributed by atoms with Crippen LogP contribution in [-0.4, -0.2) is 25.0 Å². The lowest BCUT2D eigenvalue weighted by Gasteiger charge is -1.98. The van der Waals surface area contributed by atoms with Crippen LogP contribution in [0, 0.1) is 11.8 Å². The zero-order valence-electron chi connectivity index (χ0n) is 7.48. The largest absolute Gasteiger partial charge is 0.465 e. The number of nitrogens with zero attached hydrogens (tertiary/aromatic N) is 3. The molecule has 0 spiro atoms. The molecule has 14 heavy (non-hydrogen) atoms. The van der Waals surface area contributed by atoms with Gasteiger partial charge in [0.25, 0.3) is 5.92 Å². The molecule has 0 amide bonds. The third-order valence-corrected chi connectivity index (χ3v) is 2.17. The molecule has 78 valence electrons. The van der Waals surface area contributed by atoms with Crippen LogP contribution in [0.1, 0.15) is 6.92 Å². The molecule has 1 rings (SSSR count). The molecule has 0 aromatic rings. The highest BCUT2D eigenvalue weighted by atomic mass is 19.3. The highest BCUT2D eigenvalue weighted by Crippen LogP contribution is 2.55. The first-order chi connectivity index (χ1) is 6.50. The SMILES string of the molecule is CC(=O)OC[C@@H]1[C@@H](CN=[N+]=[N-])C1(F)F. The van der Waals surface area contributed by atoms with Gasteiger partial charge in [0.05, 0.1) is 5.92 Å². The molecule has 7 heteroatoms. The van der Waals surface area contributed by atoms with Gasteiger partial charge >= 0.3 is 5.97 Å². The van der Waals surface area contributed by atoms with Gasteiger partial charge in [-0.15, -0.1) is 0 Å². The number of hydrogen-bond donors (Lipinski definition) is 0. The van der Waals surface area contributed by atoms with Crippen LogP contribution in [0.4, 0.5) is 8.78 Å². The number of carbonyl (C=O) groups is 1. The van der Waals surface area contributed by atoms with E-state index in [1.54, 1.807) is 0 Å². The van der Waals surface area contributed by atoms with Gasteiger partial charge in [-0.3, -0.25) is 4.79 Å². The summed E-state index contributed by atoms with van der Waals surface area (Å²) in [6.45, 7) is 0.590. The number of azide groups is 1. The average molecular weight is 205 g/mol. The van der Waals surface area contributed by atoms with Crippen molar-refractivity contribution in [1.29, 1.82) is 0 Å². The number of carbonyl (C=O) groups excluding carboxylic acids is 1. The van der Waals surface area contributed by atoms with E-state index in [9.17, 15) is 13.6 Å². The Morgan fingerprint density at radius 2 is 2.29 bits per heavy atom. The minimum absolute atomic E-state index is 0.255. The van der Waals surface area contributed by atoms with Crippen molar-refractivity contribution in [1.82, 2.24) is 0 Å². The molecule has 0 saturated heterocycles. The Labute approximate surface area is 78.7 Å². The van der Waals surface area contributed by atoms with Crippen molar-refractivity contribution in [2.45, 2.75) is 12.8 Å². The molecule has 0 heterocycles. The standard InChI is InChI=1S/C7H9F2N3O2/c1-4(13)14-3-6-5(2-11-12-10)7(6,8)9/h5-6H,2-3H2,1H3/t5-,6-/m1/s1. The Bertz CT molecular complexity index is 289. The second-order valence-corrected chi connectivity index (χ2v) is 3.10. The van der Waals surface area contributed by atoms with Gasteiger partial charge in [-0.1, -0.05) is 5.11 Å². The summed E-state index contributed by atoms with van der Waals surface area (Å²) in [6.07, 6.45) is 0. The van der Waals surface area contributed by atoms with Crippen molar-refractivity contribution in [2.24, 2.45) is 17.0 Å². The van der Waals surface area contributed by atoms with E-state index >= 15 is 0 Å². The predicted molar refractivity (Wildman–Crippen MR) is 42.6 cm³/mol. The van der Waals surface area contributed by atoms with Gasteiger partial charge in [-0.05, 0) is 5.53 Å². The zero-order chi connectivity index (χ0) is 10.8. The van der Waals surface area contributed by atoms with Gasteiger partial charge in [0.1, 0.15) is 6.61 Å². The molecule has 2 atom stereocenters. The number of halogens is 2. The summed E-state index contributed by atoms with van der Waals surface area (Å²) in [6, 6.07) is 0. The summed E-state index contributed by atoms with van der Waals surface area (Å²) in [5, 5.41) is 3.07. The molecule has 1 fully saturated rings. The third-order valence-electron chi connectivity index (χ3n) is 2.17. The van der Waals surface area contributed by atoms with E-state index in [0.29, 0.717) is 0 Å². The molecule has 0 aliphatic heterocycles. The molecule has 0 unspecified atom stereocenters. The summed E-state index contributed by atoms with van der Waals surface area (Å²) >= 11 is 0. The minimum Gasteiger partial charge on any atom is -0.465 e. The van der Waals surface area contributed by atoms with Crippen molar-refractivity contribution < 1.29 is 18.3 Å². The summed E-state index contributed by atoms with van der Waals surface area (Å²) in [4.78, 5) is 12.8. The first-order valence-corrected chi connectivity index (χ1v) is 4.02. The van der Waals surface area contributed by atoms with Gasteiger partial charge in [0.15, 0.2) is 0 Å². The second-order valence-electron chi connectivity index (χ2n) is 3.10. The first-order valence-electron chi connectivity index (χ1n) is 4.02. The Morgan fingerprint density at radius 1 is 1.64 bits per heavy atom. The minimum atomic E-state index is -2.87. The highest BCUT2D eigenvalue weighted by molar-refractivity contribution is 5.65. The van der Waals surface area contributed by atoms with Gasteiger partial charge in [0.2, 0.25) is 0 Å². The highest BCUT2D eigenvalue weighted by Gasteiger charge is 2.67. The van der Waals surface area contributed by atoms with Gasteiger partial charge in [-0.2, -0.15) is 0 Å². The molecular weight excluding hydrogens is 196 g/mol. The van der Waals surface area contributed by atoms with Crippen molar-refractivity contribution in [2.75, 3.05) is 13.2 Å². The summed E-state index contributed by atoms with van der Waals surface area (Å²) < 4.78 is 30.2. The number of alkyl halides is 2. The van der Waals surface area contributed by atoms with E-state index in [1.165, 1.54) is 0 Å². The molecule has 0 aromatic carbocycles. The van der Waals surface area contributed by atoms with Crippen molar-refractivity contribution in [3.8, 4) is 0 Å². The molecule has 5 nitrogen and oxygen atoms in total. The van der Waals surface area contributed by atoms with Crippen LogP contribution in [0.3, 0.4) is 0 Å². The predicted octanol–water partition coefficient (Wildman–Crippen LogP) is 1.74. The zero-order valence-corrected chi connectivity index (χ0v) is 7.48. The van der Waals surface area contributed by atoms with E-state index < -0.39 is 23.7 Å². The van der Waals surface area contributed by atoms with Crippen molar-refractivity contribution in [3.05, 3.63) is 10.4 Å². The number of hydrogen-bond acceptors (Lipinski definition) is 3. The maximum absolute atomic E-state index is 12.9. The average Bonchev–Trinajstić information content (AvgIpc) is 2.60. The van der Waals surface area contributed by atoms with Crippen LogP contribution < -0.4 is 0 Å². The monoisotopic (exact) mass is 205 g/mol. The van der Waals surface area contributed by atoms with Crippen LogP contribution >= 0.6 is 0 Å². The van der Waals surface area contributed by atoms with E-state index in [2.05, 4.69) is 14.8 Å². The Balaban J connectivity index is 2.40. The van der Waals surface area contributed by atoms with E-state index in [1.807, 2.05) is 0 Å². The molecular formula is C7H9F2N3O2. The molecule has 1 aliphatic carbocycles. The van der Waals surface area contributed by atoms with Crippen LogP contribution in [0.2, 0.25) is 0 Å². The fraction of sp³-hybridized carbons (Fsp3) is 0.857. The van der Waals surface area contributed by atoms with E-state index in [-0.39, 0.29) is 13.2 Å². The van der Waals surface area contributed by atoms with E-state index in [4.69, 9.17) is 5.53 Å². The van der Waals surface area contributed by atoms with Crippen LogP contribution in [0.5, 0.6) is 0 Å². The molecule has 0 N–H and O–H groups in total. The molecule has 0 radical (unpaired) electrons. The number of esters is 1. The summed E-state index contributed by atoms with van der Waals surface area (Å²) in [5.74, 6) is -5.45. The van der Waals surface area contributed by atoms with Gasteiger partial charge in [-0.25, -0.2) is 8.78 Å². The molecule has 1 saturated carbocycles. The fourth-order valence-corrected chi connectivity index (χ4v) is 1.27. The quantitative estimate of drug-likeness (QED) is 0.303. The van der Waals surface area contributed by atoms with Gasteiger partial charge < -0.3 is 4.74 Å². The van der Waals surface area contributed by atoms with Crippen molar-refractivity contribution >= 4 is 5.97 Å². The Morgan fingerprint density at radius 3 is 2.79 bits per heavy atom. The van der Waals surface area contributed by atoms with Crippen LogP contribution in [-0.2, 0) is 9.53 Å². The first kappa shape index (κ1) is 10.7. The maximum Gasteiger partial charge on any atom is 0.302 e. The van der Waals surface area contributed by atoms with Crippen LogP contribution in [0.25, 0.3) is 10.4 Å². The lowest BCUT2D eigenvalue weighted by molar-refractivity contribution is -0.142. The maximum atomic E-state index is 12.9. The van der Waals surface area contributed by atoms with E-state index in [0.717, 1.165) is 6.92 Å². The molecule has 1 aliphatic rings. The van der Waals surface area contributed by atoms with Gasteiger partial charge in [0, 0.05) is 24.3 Å². The lowest BCUT2D eigenvalue weighted by atomic mass is 10.3. The molecule has 0 bridgehead atoms. The molecule has 0 aromatic heterocycles. The summed E-state index contributed by atoms with van der Waals surface area (Å²) in [7, 11) is 0. The smallest absolute Gasteiger partial charge is 0.302 e. The topological polar surface area (TPSA) is 75.1 Å². The normalized spacial score (nSPS) is 27.6. The number of rotatable bonds is 4. The lowest BCUT2D eigenvalue weighted by Crippen LogP contribution is -2.06.